The standard InChI is InChI=1S/C10H19N3O3/c1-10(2,3)9(15)16-13-6-4-5-7(13)8(14)12-11/h7H,4-6,11H2,1-3H3,(H,12,14). The molecule has 0 aromatic heterocycles. The van der Waals surface area contributed by atoms with Gasteiger partial charge in [-0.05, 0) is 33.6 Å². The molecule has 0 saturated carbocycles. The highest BCUT2D eigenvalue weighted by molar-refractivity contribution is 5.82. The molecule has 1 aliphatic heterocycles. The van der Waals surface area contributed by atoms with Crippen LogP contribution in [-0.2, 0) is 14.4 Å². The van der Waals surface area contributed by atoms with Crippen LogP contribution in [0.2, 0.25) is 0 Å². The number of hydrazine groups is 1. The molecule has 6 heteroatoms. The number of carbonyl (C=O) groups excluding carboxylic acids is 2. The summed E-state index contributed by atoms with van der Waals surface area (Å²) in [5.74, 6) is 4.40. The Hall–Kier alpha value is -1.14. The van der Waals surface area contributed by atoms with Crippen molar-refractivity contribution in [2.75, 3.05) is 6.54 Å². The maximum Gasteiger partial charge on any atom is 0.330 e. The van der Waals surface area contributed by atoms with Crippen molar-refractivity contribution in [2.24, 2.45) is 11.3 Å². The van der Waals surface area contributed by atoms with Crippen molar-refractivity contribution in [1.29, 1.82) is 0 Å². The lowest BCUT2D eigenvalue weighted by atomic mass is 9.98. The third-order valence-corrected chi connectivity index (χ3v) is 2.46. The molecule has 1 rings (SSSR count). The van der Waals surface area contributed by atoms with Gasteiger partial charge in [-0.2, -0.15) is 0 Å². The second-order valence-electron chi connectivity index (χ2n) is 4.94. The van der Waals surface area contributed by atoms with Gasteiger partial charge >= 0.3 is 5.97 Å². The van der Waals surface area contributed by atoms with E-state index in [-0.39, 0.29) is 11.9 Å². The molecule has 0 aromatic carbocycles. The molecule has 1 fully saturated rings. The van der Waals surface area contributed by atoms with E-state index in [2.05, 4.69) is 5.43 Å². The largest absolute Gasteiger partial charge is 0.367 e. The monoisotopic (exact) mass is 229 g/mol. The van der Waals surface area contributed by atoms with E-state index in [4.69, 9.17) is 10.7 Å². The number of amides is 1. The van der Waals surface area contributed by atoms with E-state index < -0.39 is 11.5 Å². The first-order valence-electron chi connectivity index (χ1n) is 5.35. The average molecular weight is 229 g/mol. The number of hydrogen-bond donors (Lipinski definition) is 2. The van der Waals surface area contributed by atoms with Gasteiger partial charge in [0.05, 0.1) is 5.41 Å². The smallest absolute Gasteiger partial charge is 0.330 e. The van der Waals surface area contributed by atoms with Gasteiger partial charge in [-0.1, -0.05) is 0 Å². The highest BCUT2D eigenvalue weighted by Crippen LogP contribution is 2.22. The minimum absolute atomic E-state index is 0.320. The fourth-order valence-corrected chi connectivity index (χ4v) is 1.45. The van der Waals surface area contributed by atoms with Crippen LogP contribution in [0, 0.1) is 5.41 Å². The van der Waals surface area contributed by atoms with Gasteiger partial charge < -0.3 is 4.84 Å². The number of nitrogens with zero attached hydrogens (tertiary/aromatic N) is 1. The Labute approximate surface area is 95.0 Å². The van der Waals surface area contributed by atoms with Gasteiger partial charge in [0.2, 0.25) is 0 Å². The summed E-state index contributed by atoms with van der Waals surface area (Å²) in [5, 5.41) is 1.41. The Kier molecular flexibility index (Phi) is 3.88. The normalized spacial score (nSPS) is 21.9. The Balaban J connectivity index is 2.60. The minimum Gasteiger partial charge on any atom is -0.367 e. The first-order chi connectivity index (χ1) is 7.36. The molecule has 16 heavy (non-hydrogen) atoms. The predicted molar refractivity (Wildman–Crippen MR) is 57.6 cm³/mol. The molecule has 1 saturated heterocycles. The summed E-state index contributed by atoms with van der Waals surface area (Å²) >= 11 is 0. The maximum absolute atomic E-state index is 11.7. The van der Waals surface area contributed by atoms with Crippen molar-refractivity contribution in [3.05, 3.63) is 0 Å². The van der Waals surface area contributed by atoms with E-state index in [1.807, 2.05) is 0 Å². The van der Waals surface area contributed by atoms with Crippen LogP contribution in [0.4, 0.5) is 0 Å². The van der Waals surface area contributed by atoms with Crippen molar-refractivity contribution in [3.8, 4) is 0 Å². The second-order valence-corrected chi connectivity index (χ2v) is 4.94. The molecule has 1 unspecified atom stereocenters. The average Bonchev–Trinajstić information content (AvgIpc) is 2.63. The lowest BCUT2D eigenvalue weighted by Gasteiger charge is -2.25. The van der Waals surface area contributed by atoms with Crippen LogP contribution in [0.1, 0.15) is 33.6 Å². The third-order valence-electron chi connectivity index (χ3n) is 2.46. The SMILES string of the molecule is CC(C)(C)C(=O)ON1CCCC1C(=O)NN. The van der Waals surface area contributed by atoms with Gasteiger partial charge in [0.1, 0.15) is 6.04 Å². The molecule has 1 amide bonds. The zero-order chi connectivity index (χ0) is 12.3. The highest BCUT2D eigenvalue weighted by atomic mass is 16.7. The molecule has 6 nitrogen and oxygen atoms in total. The van der Waals surface area contributed by atoms with Gasteiger partial charge in [0, 0.05) is 6.54 Å². The molecule has 0 aromatic rings. The molecule has 92 valence electrons. The number of rotatable bonds is 2. The van der Waals surface area contributed by atoms with Gasteiger partial charge in [0.15, 0.2) is 0 Å². The molecule has 0 radical (unpaired) electrons. The van der Waals surface area contributed by atoms with Crippen molar-refractivity contribution in [3.63, 3.8) is 0 Å². The Morgan fingerprint density at radius 3 is 2.56 bits per heavy atom. The summed E-state index contributed by atoms with van der Waals surface area (Å²) in [5.41, 5.74) is 1.50. The first-order valence-corrected chi connectivity index (χ1v) is 5.35. The van der Waals surface area contributed by atoms with Crippen molar-refractivity contribution in [1.82, 2.24) is 10.5 Å². The summed E-state index contributed by atoms with van der Waals surface area (Å²) in [4.78, 5) is 28.2. The van der Waals surface area contributed by atoms with Crippen LogP contribution in [0.5, 0.6) is 0 Å². The van der Waals surface area contributed by atoms with Crippen molar-refractivity contribution in [2.45, 2.75) is 39.7 Å². The molecule has 3 N–H and O–H groups in total. The topological polar surface area (TPSA) is 84.7 Å². The zero-order valence-electron chi connectivity index (χ0n) is 9.95. The number of hydrogen-bond acceptors (Lipinski definition) is 5. The van der Waals surface area contributed by atoms with Crippen LogP contribution >= 0.6 is 0 Å². The van der Waals surface area contributed by atoms with E-state index >= 15 is 0 Å². The summed E-state index contributed by atoms with van der Waals surface area (Å²) in [6.45, 7) is 5.87. The summed E-state index contributed by atoms with van der Waals surface area (Å²) in [6, 6.07) is -0.462. The molecule has 1 aliphatic rings. The Morgan fingerprint density at radius 2 is 2.06 bits per heavy atom. The summed E-state index contributed by atoms with van der Waals surface area (Å²) in [6.07, 6.45) is 1.47. The third kappa shape index (κ3) is 2.93. The van der Waals surface area contributed by atoms with E-state index in [1.165, 1.54) is 5.06 Å². The minimum atomic E-state index is -0.577. The molecule has 0 bridgehead atoms. The van der Waals surface area contributed by atoms with Crippen LogP contribution in [0.25, 0.3) is 0 Å². The fraction of sp³-hybridized carbons (Fsp3) is 0.800. The second kappa shape index (κ2) is 4.80. The number of carbonyl (C=O) groups is 2. The van der Waals surface area contributed by atoms with Gasteiger partial charge in [-0.25, -0.2) is 10.6 Å². The van der Waals surface area contributed by atoms with Crippen molar-refractivity contribution < 1.29 is 14.4 Å². The summed E-state index contributed by atoms with van der Waals surface area (Å²) in [7, 11) is 0. The quantitative estimate of drug-likeness (QED) is 0.394. The predicted octanol–water partition coefficient (Wildman–Crippen LogP) is -0.0550. The molecule has 0 spiro atoms. The van der Waals surface area contributed by atoms with Crippen LogP contribution in [0.3, 0.4) is 0 Å². The van der Waals surface area contributed by atoms with Crippen LogP contribution in [0.15, 0.2) is 0 Å². The van der Waals surface area contributed by atoms with E-state index in [0.29, 0.717) is 13.0 Å². The summed E-state index contributed by atoms with van der Waals surface area (Å²) < 4.78 is 0. The lowest BCUT2D eigenvalue weighted by molar-refractivity contribution is -0.204. The highest BCUT2D eigenvalue weighted by Gasteiger charge is 2.35. The van der Waals surface area contributed by atoms with E-state index in [0.717, 1.165) is 6.42 Å². The number of nitrogens with one attached hydrogen (secondary N) is 1. The zero-order valence-corrected chi connectivity index (χ0v) is 9.95. The fourth-order valence-electron chi connectivity index (χ4n) is 1.45. The molecular weight excluding hydrogens is 210 g/mol. The molecule has 1 atom stereocenters. The van der Waals surface area contributed by atoms with Crippen LogP contribution < -0.4 is 11.3 Å². The Morgan fingerprint density at radius 1 is 1.44 bits per heavy atom. The Bertz CT molecular complexity index is 286. The first kappa shape index (κ1) is 12.9. The van der Waals surface area contributed by atoms with Crippen LogP contribution in [-0.4, -0.2) is 29.5 Å². The molecular formula is C10H19N3O3. The molecule has 1 heterocycles. The van der Waals surface area contributed by atoms with E-state index in [9.17, 15) is 9.59 Å². The van der Waals surface area contributed by atoms with E-state index in [1.54, 1.807) is 20.8 Å². The number of hydroxylamine groups is 2. The van der Waals surface area contributed by atoms with Gasteiger partial charge in [0.25, 0.3) is 5.91 Å². The van der Waals surface area contributed by atoms with Gasteiger partial charge in [-0.3, -0.25) is 10.2 Å². The molecule has 0 aliphatic carbocycles. The van der Waals surface area contributed by atoms with Crippen molar-refractivity contribution >= 4 is 11.9 Å². The van der Waals surface area contributed by atoms with Gasteiger partial charge in [-0.15, -0.1) is 5.06 Å². The lowest BCUT2D eigenvalue weighted by Crippen LogP contribution is -2.47. The number of nitrogens with two attached hydrogens (primary N) is 1. The maximum atomic E-state index is 11.7.